The fourth-order valence-electron chi connectivity index (χ4n) is 2.55. The molecular formula is C17H12N4OS. The van der Waals surface area contributed by atoms with Gasteiger partial charge in [-0.15, -0.1) is 11.3 Å². The van der Waals surface area contributed by atoms with Crippen molar-refractivity contribution in [2.24, 2.45) is 4.99 Å². The van der Waals surface area contributed by atoms with Gasteiger partial charge in [0.2, 0.25) is 0 Å². The number of amides is 1. The van der Waals surface area contributed by atoms with E-state index in [-0.39, 0.29) is 5.91 Å². The first-order valence-electron chi connectivity index (χ1n) is 7.12. The molecule has 0 aliphatic carbocycles. The highest BCUT2D eigenvalue weighted by atomic mass is 32.1. The Hall–Kier alpha value is -2.86. The van der Waals surface area contributed by atoms with Crippen molar-refractivity contribution in [1.82, 2.24) is 9.97 Å². The summed E-state index contributed by atoms with van der Waals surface area (Å²) in [6.07, 6.45) is 5.90. The Bertz CT molecular complexity index is 888. The molecule has 0 bridgehead atoms. The van der Waals surface area contributed by atoms with E-state index in [4.69, 9.17) is 0 Å². The number of carbonyl (C=O) groups is 1. The minimum absolute atomic E-state index is 0.187. The first-order chi connectivity index (χ1) is 11.3. The van der Waals surface area contributed by atoms with Crippen molar-refractivity contribution in [1.29, 1.82) is 0 Å². The van der Waals surface area contributed by atoms with Gasteiger partial charge in [0.15, 0.2) is 5.13 Å². The molecule has 1 amide bonds. The summed E-state index contributed by atoms with van der Waals surface area (Å²) in [5.74, 6) is -0.187. The van der Waals surface area contributed by atoms with Crippen LogP contribution in [0.3, 0.4) is 0 Å². The second kappa shape index (κ2) is 5.73. The summed E-state index contributed by atoms with van der Waals surface area (Å²) < 4.78 is 0. The van der Waals surface area contributed by atoms with E-state index in [2.05, 4.69) is 20.3 Å². The smallest absolute Gasteiger partial charge is 0.259 e. The number of rotatable bonds is 3. The van der Waals surface area contributed by atoms with E-state index < -0.39 is 0 Å². The number of carbonyl (C=O) groups excluding carboxylic acids is 1. The molecule has 1 aromatic carbocycles. The van der Waals surface area contributed by atoms with Gasteiger partial charge in [-0.25, -0.2) is 4.98 Å². The first kappa shape index (κ1) is 13.8. The molecule has 0 spiro atoms. The van der Waals surface area contributed by atoms with Gasteiger partial charge in [0.05, 0.1) is 17.0 Å². The van der Waals surface area contributed by atoms with Gasteiger partial charge in [-0.05, 0) is 17.7 Å². The Balaban J connectivity index is 1.68. The molecule has 3 heterocycles. The van der Waals surface area contributed by atoms with Gasteiger partial charge in [-0.2, -0.15) is 0 Å². The van der Waals surface area contributed by atoms with Crippen molar-refractivity contribution in [3.63, 3.8) is 0 Å². The average Bonchev–Trinajstić information content (AvgIpc) is 3.24. The van der Waals surface area contributed by atoms with Crippen LogP contribution in [-0.2, 0) is 6.42 Å². The number of aliphatic imine (C=N–C) groups is 1. The van der Waals surface area contributed by atoms with E-state index in [0.29, 0.717) is 17.1 Å². The molecule has 0 saturated heterocycles. The van der Waals surface area contributed by atoms with Gasteiger partial charge in [0, 0.05) is 36.0 Å². The van der Waals surface area contributed by atoms with Crippen LogP contribution in [0.2, 0.25) is 0 Å². The van der Waals surface area contributed by atoms with E-state index in [1.165, 1.54) is 11.3 Å². The molecule has 23 heavy (non-hydrogen) atoms. The Labute approximate surface area is 136 Å². The SMILES string of the molecule is O=C(Nc1nccs1)c1cccc2c1N=C(c1cccnc1)C2. The molecule has 1 N–H and O–H groups in total. The highest BCUT2D eigenvalue weighted by Crippen LogP contribution is 2.32. The van der Waals surface area contributed by atoms with E-state index in [1.807, 2.05) is 29.6 Å². The van der Waals surface area contributed by atoms with Crippen LogP contribution in [0.15, 0.2) is 59.3 Å². The molecule has 0 atom stereocenters. The van der Waals surface area contributed by atoms with Crippen LogP contribution in [0.5, 0.6) is 0 Å². The summed E-state index contributed by atoms with van der Waals surface area (Å²) in [6.45, 7) is 0. The van der Waals surface area contributed by atoms with E-state index >= 15 is 0 Å². The molecule has 5 nitrogen and oxygen atoms in total. The molecule has 6 heteroatoms. The molecule has 0 unspecified atom stereocenters. The third-order valence-electron chi connectivity index (χ3n) is 3.62. The van der Waals surface area contributed by atoms with Crippen molar-refractivity contribution in [3.05, 3.63) is 71.0 Å². The number of pyridine rings is 1. The topological polar surface area (TPSA) is 67.2 Å². The van der Waals surface area contributed by atoms with Crippen LogP contribution in [-0.4, -0.2) is 21.6 Å². The molecule has 0 radical (unpaired) electrons. The molecule has 1 aliphatic rings. The molecular weight excluding hydrogens is 308 g/mol. The number of aromatic nitrogens is 2. The van der Waals surface area contributed by atoms with E-state index in [9.17, 15) is 4.79 Å². The first-order valence-corrected chi connectivity index (χ1v) is 8.00. The Morgan fingerprint density at radius 3 is 2.91 bits per heavy atom. The normalized spacial score (nSPS) is 12.6. The zero-order chi connectivity index (χ0) is 15.6. The predicted molar refractivity (Wildman–Crippen MR) is 90.6 cm³/mol. The summed E-state index contributed by atoms with van der Waals surface area (Å²) in [6, 6.07) is 9.54. The van der Waals surface area contributed by atoms with Gasteiger partial charge in [-0.1, -0.05) is 18.2 Å². The number of thiazole rings is 1. The van der Waals surface area contributed by atoms with Crippen LogP contribution in [0.4, 0.5) is 10.8 Å². The molecule has 2 aromatic heterocycles. The van der Waals surface area contributed by atoms with Crippen molar-refractivity contribution < 1.29 is 4.79 Å². The van der Waals surface area contributed by atoms with Crippen LogP contribution in [0, 0.1) is 0 Å². The van der Waals surface area contributed by atoms with Crippen molar-refractivity contribution in [3.8, 4) is 0 Å². The quantitative estimate of drug-likeness (QED) is 0.803. The van der Waals surface area contributed by atoms with Crippen molar-refractivity contribution in [2.45, 2.75) is 6.42 Å². The number of para-hydroxylation sites is 1. The number of anilines is 1. The number of fused-ring (bicyclic) bond motifs is 1. The third kappa shape index (κ3) is 2.64. The van der Waals surface area contributed by atoms with Gasteiger partial charge in [-0.3, -0.25) is 20.1 Å². The van der Waals surface area contributed by atoms with Gasteiger partial charge < -0.3 is 0 Å². The Morgan fingerprint density at radius 1 is 1.17 bits per heavy atom. The number of nitrogens with zero attached hydrogens (tertiary/aromatic N) is 3. The Kier molecular flexibility index (Phi) is 3.44. The average molecular weight is 320 g/mol. The van der Waals surface area contributed by atoms with Crippen LogP contribution >= 0.6 is 11.3 Å². The standard InChI is InChI=1S/C17H12N4OS/c22-16(21-17-19-7-8-23-17)13-5-1-3-11-9-14(20-15(11)13)12-4-2-6-18-10-12/h1-8,10H,9H2,(H,19,21,22). The zero-order valence-electron chi connectivity index (χ0n) is 12.1. The lowest BCUT2D eigenvalue weighted by Crippen LogP contribution is -2.11. The molecule has 0 fully saturated rings. The van der Waals surface area contributed by atoms with E-state index in [0.717, 1.165) is 22.5 Å². The number of hydrogen-bond acceptors (Lipinski definition) is 5. The van der Waals surface area contributed by atoms with Gasteiger partial charge >= 0.3 is 0 Å². The maximum atomic E-state index is 12.5. The lowest BCUT2D eigenvalue weighted by atomic mass is 10.0. The maximum absolute atomic E-state index is 12.5. The van der Waals surface area contributed by atoms with Crippen LogP contribution in [0.1, 0.15) is 21.5 Å². The summed E-state index contributed by atoms with van der Waals surface area (Å²) in [7, 11) is 0. The third-order valence-corrected chi connectivity index (χ3v) is 4.30. The molecule has 3 aromatic rings. The van der Waals surface area contributed by atoms with Crippen molar-refractivity contribution in [2.75, 3.05) is 5.32 Å². The largest absolute Gasteiger partial charge is 0.298 e. The molecule has 4 rings (SSSR count). The minimum atomic E-state index is -0.187. The predicted octanol–water partition coefficient (Wildman–Crippen LogP) is 3.47. The lowest BCUT2D eigenvalue weighted by Gasteiger charge is -2.05. The van der Waals surface area contributed by atoms with Crippen molar-refractivity contribution >= 4 is 33.8 Å². The molecule has 112 valence electrons. The highest BCUT2D eigenvalue weighted by molar-refractivity contribution is 7.13. The zero-order valence-corrected chi connectivity index (χ0v) is 12.9. The monoisotopic (exact) mass is 320 g/mol. The lowest BCUT2D eigenvalue weighted by molar-refractivity contribution is 0.102. The summed E-state index contributed by atoms with van der Waals surface area (Å²) in [5.41, 5.74) is 4.27. The number of nitrogens with one attached hydrogen (secondary N) is 1. The summed E-state index contributed by atoms with van der Waals surface area (Å²) in [5, 5.41) is 5.22. The maximum Gasteiger partial charge on any atom is 0.259 e. The van der Waals surface area contributed by atoms with E-state index in [1.54, 1.807) is 24.7 Å². The highest BCUT2D eigenvalue weighted by Gasteiger charge is 2.22. The fraction of sp³-hybridized carbons (Fsp3) is 0.0588. The fourth-order valence-corrected chi connectivity index (χ4v) is 3.08. The van der Waals surface area contributed by atoms with Crippen LogP contribution in [0.25, 0.3) is 0 Å². The molecule has 1 aliphatic heterocycles. The summed E-state index contributed by atoms with van der Waals surface area (Å²) in [4.78, 5) is 25.4. The van der Waals surface area contributed by atoms with Gasteiger partial charge in [0.25, 0.3) is 5.91 Å². The number of benzene rings is 1. The van der Waals surface area contributed by atoms with Crippen LogP contribution < -0.4 is 5.32 Å². The number of hydrogen-bond donors (Lipinski definition) is 1. The molecule has 0 saturated carbocycles. The Morgan fingerprint density at radius 2 is 2.13 bits per heavy atom. The summed E-state index contributed by atoms with van der Waals surface area (Å²) >= 11 is 1.39. The second-order valence-electron chi connectivity index (χ2n) is 5.08. The van der Waals surface area contributed by atoms with Gasteiger partial charge in [0.1, 0.15) is 0 Å². The second-order valence-corrected chi connectivity index (χ2v) is 5.98. The minimum Gasteiger partial charge on any atom is -0.298 e.